The molecule has 1 saturated carbocycles. The van der Waals surface area contributed by atoms with Crippen molar-refractivity contribution in [1.82, 2.24) is 10.3 Å². The van der Waals surface area contributed by atoms with Crippen LogP contribution in [0, 0.1) is 5.92 Å². The Labute approximate surface area is 153 Å². The molecule has 1 aliphatic heterocycles. The first-order valence-electron chi connectivity index (χ1n) is 8.22. The molecular formula is C17H20F3N3O4. The fraction of sp³-hybridized carbons (Fsp3) is 0.471. The smallest absolute Gasteiger partial charge is 0.417 e. The molecule has 0 bridgehead atoms. The fourth-order valence-electron chi connectivity index (χ4n) is 3.25. The maximum absolute atomic E-state index is 12.7. The van der Waals surface area contributed by atoms with E-state index in [9.17, 15) is 22.8 Å². The normalized spacial score (nSPS) is 23.6. The lowest BCUT2D eigenvalue weighted by molar-refractivity contribution is -0.138. The Balaban J connectivity index is 0.000000279. The van der Waals surface area contributed by atoms with Crippen LogP contribution in [0.15, 0.2) is 30.6 Å². The van der Waals surface area contributed by atoms with Crippen molar-refractivity contribution < 1.29 is 33.0 Å². The van der Waals surface area contributed by atoms with Crippen molar-refractivity contribution in [3.63, 3.8) is 0 Å². The molecule has 0 aromatic carbocycles. The van der Waals surface area contributed by atoms with Crippen LogP contribution in [-0.4, -0.2) is 52.8 Å². The molecule has 3 N–H and O–H groups in total. The standard InChI is InChI=1S/C13H16F3N3.C4H4O4/c1-17-6-10-2-8-3-12(8)19(10)11-4-9(5-18-7-11)13(14,15)16;5-3(6)1-2-4(7)8/h4-5,7-8,10,12,17H,2-3,6H2,1H3;1-2H,(H,5,6)(H,7,8). The third-order valence-electron chi connectivity index (χ3n) is 4.37. The molecule has 1 aromatic rings. The highest BCUT2D eigenvalue weighted by molar-refractivity contribution is 5.89. The Morgan fingerprint density at radius 2 is 1.89 bits per heavy atom. The van der Waals surface area contributed by atoms with Crippen LogP contribution in [0.4, 0.5) is 18.9 Å². The summed E-state index contributed by atoms with van der Waals surface area (Å²) in [7, 11) is 1.87. The number of hydrogen-bond donors (Lipinski definition) is 3. The molecule has 0 amide bonds. The summed E-state index contributed by atoms with van der Waals surface area (Å²) < 4.78 is 38.2. The van der Waals surface area contributed by atoms with E-state index in [4.69, 9.17) is 10.2 Å². The Morgan fingerprint density at radius 3 is 2.41 bits per heavy atom. The maximum atomic E-state index is 12.7. The van der Waals surface area contributed by atoms with Gasteiger partial charge in [-0.25, -0.2) is 9.59 Å². The lowest BCUT2D eigenvalue weighted by Crippen LogP contribution is -2.39. The number of carboxylic acids is 2. The summed E-state index contributed by atoms with van der Waals surface area (Å²) in [5.74, 6) is -1.87. The number of pyridine rings is 1. The monoisotopic (exact) mass is 387 g/mol. The average Bonchev–Trinajstić information content (AvgIpc) is 3.24. The van der Waals surface area contributed by atoms with Crippen molar-refractivity contribution in [2.75, 3.05) is 18.5 Å². The van der Waals surface area contributed by atoms with Crippen molar-refractivity contribution in [1.29, 1.82) is 0 Å². The van der Waals surface area contributed by atoms with Crippen LogP contribution in [0.2, 0.25) is 0 Å². The summed E-state index contributed by atoms with van der Waals surface area (Å²) in [6, 6.07) is 1.90. The van der Waals surface area contributed by atoms with Crippen LogP contribution in [0.1, 0.15) is 18.4 Å². The van der Waals surface area contributed by atoms with Gasteiger partial charge < -0.3 is 20.4 Å². The number of carbonyl (C=O) groups is 2. The molecule has 1 saturated heterocycles. The molecule has 148 valence electrons. The Morgan fingerprint density at radius 1 is 1.26 bits per heavy atom. The molecule has 27 heavy (non-hydrogen) atoms. The van der Waals surface area contributed by atoms with Crippen LogP contribution < -0.4 is 10.2 Å². The zero-order valence-electron chi connectivity index (χ0n) is 14.5. The van der Waals surface area contributed by atoms with Gasteiger partial charge in [0, 0.05) is 37.0 Å². The van der Waals surface area contributed by atoms with Gasteiger partial charge in [-0.3, -0.25) is 4.98 Å². The van der Waals surface area contributed by atoms with Crippen LogP contribution in [0.5, 0.6) is 0 Å². The van der Waals surface area contributed by atoms with Gasteiger partial charge in [-0.1, -0.05) is 0 Å². The van der Waals surface area contributed by atoms with Crippen LogP contribution in [0.3, 0.4) is 0 Å². The highest BCUT2D eigenvalue weighted by atomic mass is 19.4. The molecule has 3 atom stereocenters. The Bertz CT molecular complexity index is 708. The Kier molecular flexibility index (Phi) is 6.42. The number of nitrogens with one attached hydrogen (secondary N) is 1. The molecule has 2 fully saturated rings. The number of alkyl halides is 3. The summed E-state index contributed by atoms with van der Waals surface area (Å²) in [5.41, 5.74) is -0.0719. The molecular weight excluding hydrogens is 367 g/mol. The van der Waals surface area contributed by atoms with Gasteiger partial charge in [0.2, 0.25) is 0 Å². The molecule has 3 rings (SSSR count). The highest BCUT2D eigenvalue weighted by Gasteiger charge is 2.51. The second-order valence-corrected chi connectivity index (χ2v) is 6.36. The van der Waals surface area contributed by atoms with Gasteiger partial charge >= 0.3 is 18.1 Å². The van der Waals surface area contributed by atoms with Crippen LogP contribution in [-0.2, 0) is 15.8 Å². The second kappa shape index (κ2) is 8.38. The molecule has 2 heterocycles. The molecule has 0 radical (unpaired) electrons. The first-order chi connectivity index (χ1) is 12.6. The van der Waals surface area contributed by atoms with E-state index in [0.717, 1.165) is 25.6 Å². The zero-order valence-corrected chi connectivity index (χ0v) is 14.5. The zero-order chi connectivity index (χ0) is 20.2. The minimum atomic E-state index is -4.33. The summed E-state index contributed by atoms with van der Waals surface area (Å²) in [4.78, 5) is 25.0. The second-order valence-electron chi connectivity index (χ2n) is 6.36. The summed E-state index contributed by atoms with van der Waals surface area (Å²) in [6.45, 7) is 0.795. The summed E-state index contributed by atoms with van der Waals surface area (Å²) >= 11 is 0. The number of halogens is 3. The number of likely N-dealkylation sites (N-methyl/N-ethyl adjacent to an activating group) is 1. The van der Waals surface area contributed by atoms with Gasteiger partial charge in [0.05, 0.1) is 17.4 Å². The molecule has 1 aromatic heterocycles. The van der Waals surface area contributed by atoms with Crippen LogP contribution >= 0.6 is 0 Å². The minimum Gasteiger partial charge on any atom is -0.478 e. The first kappa shape index (κ1) is 20.7. The SMILES string of the molecule is CNCC1CC2CC2N1c1cncc(C(F)(F)F)c1.O=C(O)C=CC(=O)O. The lowest BCUT2D eigenvalue weighted by atomic mass is 10.1. The lowest BCUT2D eigenvalue weighted by Gasteiger charge is -2.29. The van der Waals surface area contributed by atoms with E-state index >= 15 is 0 Å². The summed E-state index contributed by atoms with van der Waals surface area (Å²) in [5, 5.41) is 18.7. The van der Waals surface area contributed by atoms with Gasteiger partial charge in [0.1, 0.15) is 0 Å². The predicted octanol–water partition coefficient (Wildman–Crippen LogP) is 2.00. The molecule has 7 nitrogen and oxygen atoms in total. The Hall–Kier alpha value is -2.62. The predicted molar refractivity (Wildman–Crippen MR) is 90.4 cm³/mol. The van der Waals surface area contributed by atoms with Gasteiger partial charge in [-0.15, -0.1) is 0 Å². The molecule has 3 unspecified atom stereocenters. The van der Waals surface area contributed by atoms with Crippen molar-refractivity contribution in [2.45, 2.75) is 31.1 Å². The third kappa shape index (κ3) is 5.68. The highest BCUT2D eigenvalue weighted by Crippen LogP contribution is 2.49. The number of rotatable bonds is 5. The van der Waals surface area contributed by atoms with E-state index in [-0.39, 0.29) is 6.04 Å². The van der Waals surface area contributed by atoms with E-state index in [1.54, 1.807) is 6.20 Å². The number of aromatic nitrogens is 1. The van der Waals surface area contributed by atoms with Gasteiger partial charge in [-0.2, -0.15) is 13.2 Å². The van der Waals surface area contributed by atoms with E-state index in [0.29, 0.717) is 29.8 Å². The van der Waals surface area contributed by atoms with Crippen LogP contribution in [0.25, 0.3) is 0 Å². The number of piperidine rings is 1. The largest absolute Gasteiger partial charge is 0.478 e. The quantitative estimate of drug-likeness (QED) is 0.664. The van der Waals surface area contributed by atoms with E-state index in [1.165, 1.54) is 6.07 Å². The third-order valence-corrected chi connectivity index (χ3v) is 4.37. The van der Waals surface area contributed by atoms with E-state index in [2.05, 4.69) is 15.2 Å². The number of fused-ring (bicyclic) bond motifs is 1. The van der Waals surface area contributed by atoms with Crippen molar-refractivity contribution in [3.05, 3.63) is 36.2 Å². The number of hydrogen-bond acceptors (Lipinski definition) is 5. The fourth-order valence-corrected chi connectivity index (χ4v) is 3.25. The molecule has 0 spiro atoms. The number of nitrogens with zero attached hydrogens (tertiary/aromatic N) is 2. The van der Waals surface area contributed by atoms with Crippen molar-refractivity contribution >= 4 is 17.6 Å². The number of anilines is 1. The average molecular weight is 387 g/mol. The molecule has 10 heteroatoms. The maximum Gasteiger partial charge on any atom is 0.417 e. The number of aliphatic carboxylic acids is 2. The topological polar surface area (TPSA) is 103 Å². The number of carboxylic acid groups (broad SMARTS) is 2. The van der Waals surface area contributed by atoms with Crippen molar-refractivity contribution in [2.24, 2.45) is 5.92 Å². The van der Waals surface area contributed by atoms with Crippen molar-refractivity contribution in [3.8, 4) is 0 Å². The van der Waals surface area contributed by atoms with E-state index < -0.39 is 23.7 Å². The van der Waals surface area contributed by atoms with Gasteiger partial charge in [-0.05, 0) is 31.9 Å². The molecule has 1 aliphatic carbocycles. The molecule has 2 aliphatic rings. The minimum absolute atomic E-state index is 0.277. The van der Waals surface area contributed by atoms with Gasteiger partial charge in [0.25, 0.3) is 0 Å². The van der Waals surface area contributed by atoms with Gasteiger partial charge in [0.15, 0.2) is 0 Å². The van der Waals surface area contributed by atoms with E-state index in [1.807, 2.05) is 7.05 Å². The first-order valence-corrected chi connectivity index (χ1v) is 8.22. The summed E-state index contributed by atoms with van der Waals surface area (Å²) in [6.07, 6.45) is 1.36.